The van der Waals surface area contributed by atoms with Gasteiger partial charge >= 0.3 is 0 Å². The molecule has 0 heterocycles. The molecular weight excluding hydrogens is 200 g/mol. The fraction of sp³-hybridized carbons (Fsp3) is 0.786. The summed E-state index contributed by atoms with van der Waals surface area (Å²) in [5.74, 6) is -0.940. The number of carbonyl (C=O) groups is 1. The van der Waals surface area contributed by atoms with Crippen LogP contribution in [0.5, 0.6) is 0 Å². The molecule has 0 aromatic heterocycles. The molecule has 0 N–H and O–H groups in total. The van der Waals surface area contributed by atoms with Gasteiger partial charge in [0.25, 0.3) is 0 Å². The summed E-state index contributed by atoms with van der Waals surface area (Å²) in [5, 5.41) is 10.1. The minimum atomic E-state index is -0.940. The molecule has 0 spiro atoms. The van der Waals surface area contributed by atoms with Crippen LogP contribution in [-0.4, -0.2) is 5.97 Å². The van der Waals surface area contributed by atoms with Crippen LogP contribution in [0.3, 0.4) is 0 Å². The van der Waals surface area contributed by atoms with Crippen molar-refractivity contribution in [1.29, 1.82) is 0 Å². The van der Waals surface area contributed by atoms with Gasteiger partial charge in [0.1, 0.15) is 0 Å². The van der Waals surface area contributed by atoms with Crippen molar-refractivity contribution in [2.45, 2.75) is 71.1 Å². The maximum absolute atomic E-state index is 10.1. The molecule has 0 aliphatic carbocycles. The van der Waals surface area contributed by atoms with Gasteiger partial charge in [0.05, 0.1) is 0 Å². The Bertz CT molecular complexity index is 185. The summed E-state index contributed by atoms with van der Waals surface area (Å²) in [6, 6.07) is 0. The first kappa shape index (κ1) is 15.2. The highest BCUT2D eigenvalue weighted by Crippen LogP contribution is 2.07. The maximum atomic E-state index is 10.1. The number of hydrogen-bond donors (Lipinski definition) is 0. The third-order valence-corrected chi connectivity index (χ3v) is 2.64. The maximum Gasteiger partial charge on any atom is 0.0414 e. The van der Waals surface area contributed by atoms with Gasteiger partial charge in [-0.1, -0.05) is 51.2 Å². The molecule has 2 nitrogen and oxygen atoms in total. The van der Waals surface area contributed by atoms with Crippen LogP contribution in [0.15, 0.2) is 12.2 Å². The van der Waals surface area contributed by atoms with Crippen LogP contribution in [0.1, 0.15) is 71.1 Å². The van der Waals surface area contributed by atoms with Crippen molar-refractivity contribution in [2.75, 3.05) is 0 Å². The molecular formula is C14H25O2-. The molecule has 0 atom stereocenters. The molecule has 16 heavy (non-hydrogen) atoms. The number of carbonyl (C=O) groups excluding carboxylic acids is 1. The second-order valence-electron chi connectivity index (χ2n) is 4.29. The Balaban J connectivity index is 3.06. The van der Waals surface area contributed by atoms with Crippen LogP contribution < -0.4 is 5.11 Å². The highest BCUT2D eigenvalue weighted by atomic mass is 16.4. The average molecular weight is 225 g/mol. The van der Waals surface area contributed by atoms with Gasteiger partial charge in [-0.15, -0.1) is 0 Å². The van der Waals surface area contributed by atoms with Gasteiger partial charge in [0, 0.05) is 5.97 Å². The minimum Gasteiger partial charge on any atom is -0.550 e. The molecule has 0 fully saturated rings. The zero-order valence-electron chi connectivity index (χ0n) is 10.5. The number of carboxylic acids is 1. The predicted octanol–water partition coefficient (Wildman–Crippen LogP) is 3.21. The van der Waals surface area contributed by atoms with Gasteiger partial charge in [-0.25, -0.2) is 0 Å². The van der Waals surface area contributed by atoms with Crippen molar-refractivity contribution in [2.24, 2.45) is 0 Å². The fourth-order valence-electron chi connectivity index (χ4n) is 1.64. The number of carboxylic acid groups (broad SMARTS) is 1. The lowest BCUT2D eigenvalue weighted by Crippen LogP contribution is -2.21. The third kappa shape index (κ3) is 13.2. The summed E-state index contributed by atoms with van der Waals surface area (Å²) < 4.78 is 0. The van der Waals surface area contributed by atoms with E-state index in [1.165, 1.54) is 38.5 Å². The number of allylic oxidation sites excluding steroid dienone is 2. The highest BCUT2D eigenvalue weighted by Gasteiger charge is 1.88. The Morgan fingerprint density at radius 2 is 1.50 bits per heavy atom. The van der Waals surface area contributed by atoms with Crippen molar-refractivity contribution >= 4 is 5.97 Å². The monoisotopic (exact) mass is 225 g/mol. The molecule has 94 valence electrons. The lowest BCUT2D eigenvalue weighted by atomic mass is 10.1. The van der Waals surface area contributed by atoms with Gasteiger partial charge in [0.15, 0.2) is 0 Å². The van der Waals surface area contributed by atoms with Crippen LogP contribution in [-0.2, 0) is 4.79 Å². The molecule has 2 heteroatoms. The summed E-state index contributed by atoms with van der Waals surface area (Å²) in [4.78, 5) is 10.1. The van der Waals surface area contributed by atoms with Crippen molar-refractivity contribution in [3.63, 3.8) is 0 Å². The molecule has 0 rings (SSSR count). The first-order valence-electron chi connectivity index (χ1n) is 6.62. The second-order valence-corrected chi connectivity index (χ2v) is 4.29. The lowest BCUT2D eigenvalue weighted by Gasteiger charge is -1.99. The Morgan fingerprint density at radius 3 is 2.12 bits per heavy atom. The van der Waals surface area contributed by atoms with Crippen molar-refractivity contribution < 1.29 is 9.90 Å². The Morgan fingerprint density at radius 1 is 0.938 bits per heavy atom. The molecule has 0 bridgehead atoms. The first-order valence-corrected chi connectivity index (χ1v) is 6.62. The average Bonchev–Trinajstić information content (AvgIpc) is 2.25. The summed E-state index contributed by atoms with van der Waals surface area (Å²) in [7, 11) is 0. The summed E-state index contributed by atoms with van der Waals surface area (Å²) in [6.45, 7) is 2.23. The number of unbranched alkanes of at least 4 members (excludes halogenated alkanes) is 7. The van der Waals surface area contributed by atoms with E-state index in [-0.39, 0.29) is 6.42 Å². The van der Waals surface area contributed by atoms with Crippen LogP contribution in [0.2, 0.25) is 0 Å². The van der Waals surface area contributed by atoms with Crippen molar-refractivity contribution in [3.05, 3.63) is 12.2 Å². The molecule has 0 saturated carbocycles. The highest BCUT2D eigenvalue weighted by molar-refractivity contribution is 5.64. The quantitative estimate of drug-likeness (QED) is 0.400. The zero-order valence-corrected chi connectivity index (χ0v) is 10.5. The van der Waals surface area contributed by atoms with E-state index in [9.17, 15) is 9.90 Å². The molecule has 0 aromatic carbocycles. The van der Waals surface area contributed by atoms with Gasteiger partial charge in [-0.3, -0.25) is 0 Å². The van der Waals surface area contributed by atoms with E-state index in [0.717, 1.165) is 12.8 Å². The number of rotatable bonds is 11. The largest absolute Gasteiger partial charge is 0.550 e. The SMILES string of the molecule is CCCCCCCC/C=C/CCCC(=O)[O-]. The standard InChI is InChI=1S/C14H26O2/c1-2-3-4-5-6-7-8-9-10-11-12-13-14(15)16/h9-10H,2-8,11-13H2,1H3,(H,15,16)/p-1/b10-9+. The van der Waals surface area contributed by atoms with E-state index in [1.807, 2.05) is 0 Å². The predicted molar refractivity (Wildman–Crippen MR) is 66.0 cm³/mol. The van der Waals surface area contributed by atoms with Gasteiger partial charge in [-0.2, -0.15) is 0 Å². The van der Waals surface area contributed by atoms with Crippen LogP contribution in [0, 0.1) is 0 Å². The minimum absolute atomic E-state index is 0.182. The van der Waals surface area contributed by atoms with E-state index < -0.39 is 5.97 Å². The van der Waals surface area contributed by atoms with E-state index in [1.54, 1.807) is 0 Å². The Hall–Kier alpha value is -0.790. The first-order chi connectivity index (χ1) is 7.77. The molecule has 0 amide bonds. The van der Waals surface area contributed by atoms with Crippen LogP contribution >= 0.6 is 0 Å². The van der Waals surface area contributed by atoms with E-state index in [0.29, 0.717) is 6.42 Å². The second kappa shape index (κ2) is 12.3. The number of aliphatic carboxylic acids is 1. The van der Waals surface area contributed by atoms with Gasteiger partial charge in [-0.05, 0) is 32.1 Å². The van der Waals surface area contributed by atoms with E-state index >= 15 is 0 Å². The molecule has 0 saturated heterocycles. The smallest absolute Gasteiger partial charge is 0.0414 e. The topological polar surface area (TPSA) is 40.1 Å². The molecule has 0 radical (unpaired) electrons. The summed E-state index contributed by atoms with van der Waals surface area (Å²) in [6.07, 6.45) is 15.1. The molecule has 0 aromatic rings. The molecule has 0 unspecified atom stereocenters. The van der Waals surface area contributed by atoms with Crippen LogP contribution in [0.25, 0.3) is 0 Å². The zero-order chi connectivity index (χ0) is 12.1. The van der Waals surface area contributed by atoms with E-state index in [2.05, 4.69) is 19.1 Å². The molecule has 0 aliphatic heterocycles. The Kier molecular flexibility index (Phi) is 11.7. The summed E-state index contributed by atoms with van der Waals surface area (Å²) in [5.41, 5.74) is 0. The van der Waals surface area contributed by atoms with E-state index in [4.69, 9.17) is 0 Å². The van der Waals surface area contributed by atoms with Crippen LogP contribution in [0.4, 0.5) is 0 Å². The van der Waals surface area contributed by atoms with Crippen molar-refractivity contribution in [3.8, 4) is 0 Å². The third-order valence-electron chi connectivity index (χ3n) is 2.64. The number of hydrogen-bond acceptors (Lipinski definition) is 2. The van der Waals surface area contributed by atoms with Crippen molar-refractivity contribution in [1.82, 2.24) is 0 Å². The van der Waals surface area contributed by atoms with Gasteiger partial charge < -0.3 is 9.90 Å². The fourth-order valence-corrected chi connectivity index (χ4v) is 1.64. The molecule has 0 aliphatic rings. The Labute approximate surface area is 99.7 Å². The summed E-state index contributed by atoms with van der Waals surface area (Å²) >= 11 is 0. The normalized spacial score (nSPS) is 11.1. The van der Waals surface area contributed by atoms with Gasteiger partial charge in [0.2, 0.25) is 0 Å². The lowest BCUT2D eigenvalue weighted by molar-refractivity contribution is -0.305.